The van der Waals surface area contributed by atoms with Gasteiger partial charge in [-0.3, -0.25) is 0 Å². The third-order valence-electron chi connectivity index (χ3n) is 7.30. The van der Waals surface area contributed by atoms with E-state index in [1.54, 1.807) is 25.1 Å². The van der Waals surface area contributed by atoms with Crippen molar-refractivity contribution in [3.8, 4) is 11.5 Å². The maximum atomic E-state index is 15.1. The summed E-state index contributed by atoms with van der Waals surface area (Å²) in [6.45, 7) is 4.24. The van der Waals surface area contributed by atoms with Gasteiger partial charge in [0.2, 0.25) is 11.6 Å². The van der Waals surface area contributed by atoms with Crippen molar-refractivity contribution in [1.82, 2.24) is 0 Å². The molecular formula is C32H33F5O2. The first-order valence-electron chi connectivity index (χ1n) is 13.5. The van der Waals surface area contributed by atoms with Crippen LogP contribution in [0.2, 0.25) is 0 Å². The van der Waals surface area contributed by atoms with E-state index >= 15 is 4.39 Å². The summed E-state index contributed by atoms with van der Waals surface area (Å²) in [6, 6.07) is 10.7. The number of hydrogen-bond donors (Lipinski definition) is 0. The van der Waals surface area contributed by atoms with Crippen molar-refractivity contribution in [2.24, 2.45) is 0 Å². The number of ether oxygens (including phenoxy) is 2. The molecule has 0 atom stereocenters. The summed E-state index contributed by atoms with van der Waals surface area (Å²) in [5, 5.41) is 0. The molecule has 3 aromatic rings. The van der Waals surface area contributed by atoms with Crippen molar-refractivity contribution in [3.05, 3.63) is 93.8 Å². The zero-order chi connectivity index (χ0) is 27.9. The monoisotopic (exact) mass is 544 g/mol. The van der Waals surface area contributed by atoms with Crippen LogP contribution in [0.4, 0.5) is 22.0 Å². The van der Waals surface area contributed by atoms with Gasteiger partial charge in [0.15, 0.2) is 23.1 Å². The van der Waals surface area contributed by atoms with E-state index in [-0.39, 0.29) is 41.3 Å². The van der Waals surface area contributed by atoms with Gasteiger partial charge in [0, 0.05) is 5.56 Å². The molecule has 0 heterocycles. The van der Waals surface area contributed by atoms with Crippen LogP contribution >= 0.6 is 0 Å². The highest BCUT2D eigenvalue weighted by atomic mass is 19.2. The van der Waals surface area contributed by atoms with Crippen LogP contribution in [0.3, 0.4) is 0 Å². The second-order valence-corrected chi connectivity index (χ2v) is 9.86. The molecule has 0 bridgehead atoms. The summed E-state index contributed by atoms with van der Waals surface area (Å²) in [4.78, 5) is 0. The fourth-order valence-corrected chi connectivity index (χ4v) is 5.12. The molecule has 0 aromatic heterocycles. The molecule has 2 nitrogen and oxygen atoms in total. The van der Waals surface area contributed by atoms with Crippen LogP contribution in [0.15, 0.2) is 42.5 Å². The van der Waals surface area contributed by atoms with E-state index in [2.05, 4.69) is 0 Å². The molecule has 1 saturated carbocycles. The predicted molar refractivity (Wildman–Crippen MR) is 144 cm³/mol. The molecule has 1 fully saturated rings. The molecule has 3 aromatic carbocycles. The van der Waals surface area contributed by atoms with Crippen molar-refractivity contribution in [2.75, 3.05) is 13.2 Å². The molecule has 208 valence electrons. The quantitative estimate of drug-likeness (QED) is 0.144. The van der Waals surface area contributed by atoms with Gasteiger partial charge in [-0.1, -0.05) is 43.7 Å². The smallest absolute Gasteiger partial charge is 0.201 e. The maximum absolute atomic E-state index is 15.1. The molecular weight excluding hydrogens is 511 g/mol. The zero-order valence-corrected chi connectivity index (χ0v) is 22.2. The maximum Gasteiger partial charge on any atom is 0.201 e. The molecule has 0 unspecified atom stereocenters. The second kappa shape index (κ2) is 13.1. The molecule has 0 N–H and O–H groups in total. The Bertz CT molecular complexity index is 1310. The topological polar surface area (TPSA) is 18.5 Å². The van der Waals surface area contributed by atoms with Gasteiger partial charge in [-0.05, 0) is 91.8 Å². The van der Waals surface area contributed by atoms with Gasteiger partial charge in [0.1, 0.15) is 5.82 Å². The van der Waals surface area contributed by atoms with E-state index in [1.165, 1.54) is 36.4 Å². The van der Waals surface area contributed by atoms with Gasteiger partial charge in [-0.15, -0.1) is 0 Å². The van der Waals surface area contributed by atoms with Gasteiger partial charge in [-0.25, -0.2) is 13.2 Å². The molecule has 0 amide bonds. The third kappa shape index (κ3) is 6.63. The van der Waals surface area contributed by atoms with E-state index in [9.17, 15) is 17.6 Å². The summed E-state index contributed by atoms with van der Waals surface area (Å²) in [6.07, 6.45) is 7.06. The van der Waals surface area contributed by atoms with Crippen LogP contribution in [0.5, 0.6) is 11.5 Å². The van der Waals surface area contributed by atoms with E-state index in [0.29, 0.717) is 49.0 Å². The first-order valence-corrected chi connectivity index (χ1v) is 13.5. The number of rotatable bonds is 10. The van der Waals surface area contributed by atoms with Crippen LogP contribution in [0.1, 0.15) is 86.5 Å². The minimum Gasteiger partial charge on any atom is -0.491 e. The Morgan fingerprint density at radius 3 is 1.97 bits per heavy atom. The van der Waals surface area contributed by atoms with Gasteiger partial charge in [0.25, 0.3) is 0 Å². The highest BCUT2D eigenvalue weighted by Gasteiger charge is 2.28. The largest absolute Gasteiger partial charge is 0.491 e. The SMILES string of the molecule is CCCCOc1ccc(/C=C/c2ccc(C3CCC(c4ccc(OCC)c(F)c4F)CC3)c(F)c2)c(F)c1F. The Labute approximate surface area is 226 Å². The minimum atomic E-state index is -1.04. The number of unbranched alkanes of at least 4 members (excludes halogenated alkanes) is 1. The molecule has 39 heavy (non-hydrogen) atoms. The van der Waals surface area contributed by atoms with Crippen LogP contribution < -0.4 is 9.47 Å². The lowest BCUT2D eigenvalue weighted by Crippen LogP contribution is -2.15. The van der Waals surface area contributed by atoms with Gasteiger partial charge in [-0.2, -0.15) is 8.78 Å². The second-order valence-electron chi connectivity index (χ2n) is 9.86. The Kier molecular flexibility index (Phi) is 9.65. The van der Waals surface area contributed by atoms with E-state index in [0.717, 1.165) is 12.8 Å². The first kappa shape index (κ1) is 28.7. The average molecular weight is 545 g/mol. The molecule has 0 radical (unpaired) electrons. The molecule has 0 spiro atoms. The average Bonchev–Trinajstić information content (AvgIpc) is 2.94. The standard InChI is InChI=1S/C32H33F5O2/c1-3-5-18-39-28-16-13-23(29(34)31(28)36)8-6-20-7-14-24(26(33)19-20)21-9-11-22(12-10-21)25-15-17-27(38-4-2)32(37)30(25)35/h6-8,13-17,19,21-22H,3-5,9-12,18H2,1-2H3/b8-6+. The lowest BCUT2D eigenvalue weighted by molar-refractivity contribution is 0.288. The van der Waals surface area contributed by atoms with E-state index in [1.807, 2.05) is 6.92 Å². The third-order valence-corrected chi connectivity index (χ3v) is 7.30. The summed E-state index contributed by atoms with van der Waals surface area (Å²) < 4.78 is 83.3. The lowest BCUT2D eigenvalue weighted by Gasteiger charge is -2.29. The summed E-state index contributed by atoms with van der Waals surface area (Å²) in [5.74, 6) is -4.69. The number of hydrogen-bond acceptors (Lipinski definition) is 2. The molecule has 0 aliphatic heterocycles. The van der Waals surface area contributed by atoms with Crippen molar-refractivity contribution < 1.29 is 31.4 Å². The van der Waals surface area contributed by atoms with Crippen molar-refractivity contribution in [2.45, 2.75) is 64.2 Å². The lowest BCUT2D eigenvalue weighted by atomic mass is 9.76. The van der Waals surface area contributed by atoms with Crippen molar-refractivity contribution in [1.29, 1.82) is 0 Å². The molecule has 4 rings (SSSR count). The van der Waals surface area contributed by atoms with E-state index < -0.39 is 23.3 Å². The molecule has 0 saturated heterocycles. The fourth-order valence-electron chi connectivity index (χ4n) is 5.12. The highest BCUT2D eigenvalue weighted by Crippen LogP contribution is 2.43. The van der Waals surface area contributed by atoms with E-state index in [4.69, 9.17) is 9.47 Å². The van der Waals surface area contributed by atoms with Crippen molar-refractivity contribution in [3.63, 3.8) is 0 Å². The molecule has 1 aliphatic rings. The Balaban J connectivity index is 1.40. The normalized spacial score (nSPS) is 17.5. The van der Waals surface area contributed by atoms with Crippen LogP contribution in [-0.2, 0) is 0 Å². The number of benzene rings is 3. The number of halogens is 5. The molecule has 7 heteroatoms. The Hall–Kier alpha value is -3.35. The van der Waals surface area contributed by atoms with Crippen LogP contribution in [-0.4, -0.2) is 13.2 Å². The summed E-state index contributed by atoms with van der Waals surface area (Å²) in [5.41, 5.74) is 1.45. The van der Waals surface area contributed by atoms with Gasteiger partial charge >= 0.3 is 0 Å². The Morgan fingerprint density at radius 1 is 0.692 bits per heavy atom. The summed E-state index contributed by atoms with van der Waals surface area (Å²) >= 11 is 0. The highest BCUT2D eigenvalue weighted by molar-refractivity contribution is 5.70. The predicted octanol–water partition coefficient (Wildman–Crippen LogP) is 9.57. The van der Waals surface area contributed by atoms with Crippen LogP contribution in [0.25, 0.3) is 12.2 Å². The zero-order valence-electron chi connectivity index (χ0n) is 22.2. The van der Waals surface area contributed by atoms with Crippen molar-refractivity contribution >= 4 is 12.2 Å². The minimum absolute atomic E-state index is 0.0381. The molecule has 1 aliphatic carbocycles. The first-order chi connectivity index (χ1) is 18.8. The van der Waals surface area contributed by atoms with Crippen LogP contribution in [0, 0.1) is 29.1 Å². The summed E-state index contributed by atoms with van der Waals surface area (Å²) in [7, 11) is 0. The Morgan fingerprint density at radius 2 is 1.31 bits per heavy atom. The van der Waals surface area contributed by atoms with Gasteiger partial charge in [0.05, 0.1) is 13.2 Å². The fraction of sp³-hybridized carbons (Fsp3) is 0.375. The van der Waals surface area contributed by atoms with Gasteiger partial charge < -0.3 is 9.47 Å².